The van der Waals surface area contributed by atoms with Crippen LogP contribution in [-0.2, 0) is 9.53 Å². The van der Waals surface area contributed by atoms with Crippen LogP contribution in [0.4, 0.5) is 10.1 Å². The quantitative estimate of drug-likeness (QED) is 0.462. The molecule has 1 saturated carbocycles. The van der Waals surface area contributed by atoms with Gasteiger partial charge in [0.05, 0.1) is 17.4 Å². The molecule has 5 nitrogen and oxygen atoms in total. The number of esters is 1. The van der Waals surface area contributed by atoms with Crippen molar-refractivity contribution >= 4 is 11.7 Å². The number of carbonyl (C=O) groups is 1. The molecular formula is C17H22FNO4. The first-order valence-corrected chi connectivity index (χ1v) is 8.06. The Labute approximate surface area is 135 Å². The molecule has 0 aliphatic heterocycles. The van der Waals surface area contributed by atoms with E-state index in [2.05, 4.69) is 6.92 Å². The van der Waals surface area contributed by atoms with E-state index in [1.807, 2.05) is 0 Å². The van der Waals surface area contributed by atoms with Gasteiger partial charge in [-0.05, 0) is 36.8 Å². The predicted octanol–water partition coefficient (Wildman–Crippen LogP) is 4.21. The Morgan fingerprint density at radius 2 is 2.13 bits per heavy atom. The maximum absolute atomic E-state index is 14.0. The maximum atomic E-state index is 14.0. The standard InChI is InChI=1S/C17H22FNO4/c1-3-23-17(20)16(13-7-5-4-6-11(13)2)12-8-9-15(19(21)22)14(18)10-12/h8-11,13,16H,3-7H2,1-2H3. The van der Waals surface area contributed by atoms with E-state index in [1.165, 1.54) is 6.07 Å². The van der Waals surface area contributed by atoms with Gasteiger partial charge in [0, 0.05) is 6.07 Å². The molecule has 1 aliphatic carbocycles. The highest BCUT2D eigenvalue weighted by Crippen LogP contribution is 2.41. The van der Waals surface area contributed by atoms with Crippen LogP contribution >= 0.6 is 0 Å². The van der Waals surface area contributed by atoms with E-state index in [0.29, 0.717) is 11.5 Å². The fourth-order valence-corrected chi connectivity index (χ4v) is 3.49. The normalized spacial score (nSPS) is 22.4. The van der Waals surface area contributed by atoms with E-state index in [4.69, 9.17) is 4.74 Å². The number of nitro groups is 1. The molecule has 6 heteroatoms. The third-order valence-electron chi connectivity index (χ3n) is 4.67. The summed E-state index contributed by atoms with van der Waals surface area (Å²) in [4.78, 5) is 22.4. The van der Waals surface area contributed by atoms with Gasteiger partial charge in [0.1, 0.15) is 0 Å². The first kappa shape index (κ1) is 17.4. The van der Waals surface area contributed by atoms with Gasteiger partial charge in [0.2, 0.25) is 5.82 Å². The van der Waals surface area contributed by atoms with Crippen molar-refractivity contribution in [3.63, 3.8) is 0 Å². The number of nitrogens with zero attached hydrogens (tertiary/aromatic N) is 1. The number of rotatable bonds is 5. The third kappa shape index (κ3) is 3.86. The molecule has 3 atom stereocenters. The minimum Gasteiger partial charge on any atom is -0.466 e. The van der Waals surface area contributed by atoms with Crippen LogP contribution in [0.2, 0.25) is 0 Å². The molecule has 0 N–H and O–H groups in total. The molecule has 0 radical (unpaired) electrons. The van der Waals surface area contributed by atoms with Crippen LogP contribution in [0.15, 0.2) is 18.2 Å². The van der Waals surface area contributed by atoms with Crippen molar-refractivity contribution in [1.82, 2.24) is 0 Å². The second kappa shape index (κ2) is 7.53. The van der Waals surface area contributed by atoms with Gasteiger partial charge in [-0.3, -0.25) is 14.9 Å². The van der Waals surface area contributed by atoms with E-state index < -0.39 is 22.3 Å². The van der Waals surface area contributed by atoms with E-state index in [-0.39, 0.29) is 18.5 Å². The summed E-state index contributed by atoms with van der Waals surface area (Å²) in [5.41, 5.74) is -0.113. The summed E-state index contributed by atoms with van der Waals surface area (Å²) in [7, 11) is 0. The Balaban J connectivity index is 2.38. The number of halogens is 1. The molecule has 0 aromatic heterocycles. The lowest BCUT2D eigenvalue weighted by atomic mass is 9.71. The van der Waals surface area contributed by atoms with Crippen molar-refractivity contribution in [2.24, 2.45) is 11.8 Å². The van der Waals surface area contributed by atoms with Gasteiger partial charge in [0.25, 0.3) is 0 Å². The van der Waals surface area contributed by atoms with Crippen LogP contribution in [-0.4, -0.2) is 17.5 Å². The van der Waals surface area contributed by atoms with Crippen molar-refractivity contribution in [1.29, 1.82) is 0 Å². The zero-order valence-electron chi connectivity index (χ0n) is 13.5. The van der Waals surface area contributed by atoms with Crippen LogP contribution in [0.1, 0.15) is 51.0 Å². The van der Waals surface area contributed by atoms with Crippen molar-refractivity contribution in [3.05, 3.63) is 39.7 Å². The second-order valence-corrected chi connectivity index (χ2v) is 6.12. The summed E-state index contributed by atoms with van der Waals surface area (Å²) in [5, 5.41) is 10.8. The number of hydrogen-bond acceptors (Lipinski definition) is 4. The minimum atomic E-state index is -0.912. The Hall–Kier alpha value is -1.98. The number of ether oxygens (including phenoxy) is 1. The summed E-state index contributed by atoms with van der Waals surface area (Å²) >= 11 is 0. The molecule has 1 aromatic carbocycles. The van der Waals surface area contributed by atoms with E-state index in [9.17, 15) is 19.3 Å². The molecule has 0 spiro atoms. The molecule has 23 heavy (non-hydrogen) atoms. The smallest absolute Gasteiger partial charge is 0.313 e. The van der Waals surface area contributed by atoms with Crippen LogP contribution in [0.25, 0.3) is 0 Å². The highest BCUT2D eigenvalue weighted by Gasteiger charge is 2.36. The summed E-state index contributed by atoms with van der Waals surface area (Å²) in [6, 6.07) is 3.72. The zero-order valence-corrected chi connectivity index (χ0v) is 13.5. The predicted molar refractivity (Wildman–Crippen MR) is 83.6 cm³/mol. The summed E-state index contributed by atoms with van der Waals surface area (Å²) < 4.78 is 19.2. The van der Waals surface area contributed by atoms with E-state index >= 15 is 0 Å². The number of nitro benzene ring substituents is 1. The Bertz CT molecular complexity index is 590. The van der Waals surface area contributed by atoms with Crippen LogP contribution < -0.4 is 0 Å². The highest BCUT2D eigenvalue weighted by molar-refractivity contribution is 5.78. The Kier molecular flexibility index (Phi) is 5.69. The van der Waals surface area contributed by atoms with E-state index in [1.54, 1.807) is 6.92 Å². The SMILES string of the molecule is CCOC(=O)C(c1ccc([N+](=O)[O-])c(F)c1)C1CCCCC1C. The molecule has 0 bridgehead atoms. The summed E-state index contributed by atoms with van der Waals surface area (Å²) in [6.45, 7) is 4.08. The van der Waals surface area contributed by atoms with Crippen molar-refractivity contribution in [2.45, 2.75) is 45.4 Å². The fraction of sp³-hybridized carbons (Fsp3) is 0.588. The first-order chi connectivity index (χ1) is 11.0. The first-order valence-electron chi connectivity index (χ1n) is 8.06. The van der Waals surface area contributed by atoms with Gasteiger partial charge < -0.3 is 4.74 Å². The average molecular weight is 323 g/mol. The Morgan fingerprint density at radius 3 is 2.70 bits per heavy atom. The van der Waals surface area contributed by atoms with Crippen molar-refractivity contribution in [2.75, 3.05) is 6.61 Å². The molecule has 1 aliphatic rings. The van der Waals surface area contributed by atoms with Gasteiger partial charge in [-0.2, -0.15) is 4.39 Å². The van der Waals surface area contributed by atoms with Gasteiger partial charge >= 0.3 is 11.7 Å². The van der Waals surface area contributed by atoms with Crippen LogP contribution in [0.3, 0.4) is 0 Å². The summed E-state index contributed by atoms with van der Waals surface area (Å²) in [6.07, 6.45) is 4.06. The molecular weight excluding hydrogens is 301 g/mol. The minimum absolute atomic E-state index is 0.0728. The molecule has 0 saturated heterocycles. The summed E-state index contributed by atoms with van der Waals surface area (Å²) in [5.74, 6) is -1.45. The zero-order chi connectivity index (χ0) is 17.0. The van der Waals surface area contributed by atoms with Crippen molar-refractivity contribution < 1.29 is 18.8 Å². The van der Waals surface area contributed by atoms with Gasteiger partial charge in [-0.1, -0.05) is 32.3 Å². The largest absolute Gasteiger partial charge is 0.466 e. The van der Waals surface area contributed by atoms with Crippen molar-refractivity contribution in [3.8, 4) is 0 Å². The third-order valence-corrected chi connectivity index (χ3v) is 4.67. The lowest BCUT2D eigenvalue weighted by molar-refractivity contribution is -0.387. The average Bonchev–Trinajstić information content (AvgIpc) is 2.49. The highest BCUT2D eigenvalue weighted by atomic mass is 19.1. The fourth-order valence-electron chi connectivity index (χ4n) is 3.49. The van der Waals surface area contributed by atoms with Gasteiger partial charge in [-0.15, -0.1) is 0 Å². The lowest BCUT2D eigenvalue weighted by Gasteiger charge is -2.34. The molecule has 1 fully saturated rings. The molecule has 0 amide bonds. The lowest BCUT2D eigenvalue weighted by Crippen LogP contribution is -2.30. The molecule has 1 aromatic rings. The van der Waals surface area contributed by atoms with Crippen LogP contribution in [0, 0.1) is 27.8 Å². The second-order valence-electron chi connectivity index (χ2n) is 6.12. The number of hydrogen-bond donors (Lipinski definition) is 0. The van der Waals surface area contributed by atoms with Crippen LogP contribution in [0.5, 0.6) is 0 Å². The number of carbonyl (C=O) groups excluding carboxylic acids is 1. The maximum Gasteiger partial charge on any atom is 0.313 e. The monoisotopic (exact) mass is 323 g/mol. The van der Waals surface area contributed by atoms with Gasteiger partial charge in [-0.25, -0.2) is 0 Å². The molecule has 2 rings (SSSR count). The Morgan fingerprint density at radius 1 is 1.43 bits per heavy atom. The number of benzene rings is 1. The molecule has 126 valence electrons. The molecule has 3 unspecified atom stereocenters. The molecule has 0 heterocycles. The van der Waals surface area contributed by atoms with E-state index in [0.717, 1.165) is 37.8 Å². The van der Waals surface area contributed by atoms with Gasteiger partial charge in [0.15, 0.2) is 0 Å². The topological polar surface area (TPSA) is 69.4 Å².